The Bertz CT molecular complexity index is 1020. The molecule has 7 nitrogen and oxygen atoms in total. The standard InChI is InChI=1S/C21H21N3O4/c1-27-16-6-3-2-5-14(16)18-15-8-7-13(26)11-17(15)28-21-19(18)20(22)24(12-23-21)9-4-10-25/h2-3,5-8,11-12,18,22,25-26H,4,9-10H2,1H3/p+1/t18-/m0/s1. The number of phenols is 1. The molecule has 0 unspecified atom stereocenters. The molecule has 1 aliphatic heterocycles. The Morgan fingerprint density at radius 1 is 1.21 bits per heavy atom. The van der Waals surface area contributed by atoms with Crippen LogP contribution in [0.5, 0.6) is 23.1 Å². The zero-order chi connectivity index (χ0) is 19.7. The first kappa shape index (κ1) is 18.1. The maximum Gasteiger partial charge on any atom is 0.306 e. The van der Waals surface area contributed by atoms with Crippen LogP contribution in [0, 0.1) is 0 Å². The van der Waals surface area contributed by atoms with Crippen LogP contribution in [-0.2, 0) is 6.54 Å². The first-order chi connectivity index (χ1) is 13.6. The maximum absolute atomic E-state index is 9.91. The number of aromatic nitrogens is 2. The molecule has 0 aliphatic carbocycles. The Morgan fingerprint density at radius 2 is 2.04 bits per heavy atom. The molecule has 4 N–H and O–H groups in total. The summed E-state index contributed by atoms with van der Waals surface area (Å²) in [7, 11) is 1.63. The second-order valence-electron chi connectivity index (χ2n) is 6.62. The number of phenolic OH excluding ortho intramolecular Hbond substituents is 1. The zero-order valence-electron chi connectivity index (χ0n) is 15.5. The minimum atomic E-state index is -0.274. The van der Waals surface area contributed by atoms with Crippen LogP contribution < -0.4 is 19.8 Å². The van der Waals surface area contributed by atoms with Gasteiger partial charge in [0.15, 0.2) is 0 Å². The number of hydrogen-bond acceptors (Lipinski definition) is 6. The minimum absolute atomic E-state index is 0.0675. The van der Waals surface area contributed by atoms with Crippen molar-refractivity contribution >= 4 is 5.82 Å². The highest BCUT2D eigenvalue weighted by Crippen LogP contribution is 2.50. The van der Waals surface area contributed by atoms with Crippen molar-refractivity contribution in [2.24, 2.45) is 0 Å². The largest absolute Gasteiger partial charge is 0.508 e. The third kappa shape index (κ3) is 2.99. The lowest BCUT2D eigenvalue weighted by molar-refractivity contribution is -0.686. The van der Waals surface area contributed by atoms with Gasteiger partial charge >= 0.3 is 5.88 Å². The van der Waals surface area contributed by atoms with Gasteiger partial charge in [-0.15, -0.1) is 0 Å². The number of rotatable bonds is 5. The van der Waals surface area contributed by atoms with E-state index in [0.29, 0.717) is 30.4 Å². The van der Waals surface area contributed by atoms with Crippen molar-refractivity contribution in [1.29, 1.82) is 0 Å². The molecule has 0 saturated carbocycles. The van der Waals surface area contributed by atoms with E-state index in [-0.39, 0.29) is 18.3 Å². The molecule has 0 radical (unpaired) electrons. The number of nitrogens with zero attached hydrogens (tertiary/aromatic N) is 2. The van der Waals surface area contributed by atoms with Crippen LogP contribution >= 0.6 is 0 Å². The lowest BCUT2D eigenvalue weighted by atomic mass is 9.83. The third-order valence-electron chi connectivity index (χ3n) is 4.94. The van der Waals surface area contributed by atoms with Crippen LogP contribution in [0.1, 0.15) is 29.0 Å². The number of hydrogen-bond donors (Lipinski definition) is 3. The van der Waals surface area contributed by atoms with E-state index in [1.54, 1.807) is 25.6 Å². The number of methoxy groups -OCH3 is 1. The summed E-state index contributed by atoms with van der Waals surface area (Å²) in [4.78, 5) is 4.45. The van der Waals surface area contributed by atoms with Crippen LogP contribution in [0.25, 0.3) is 0 Å². The second kappa shape index (κ2) is 7.36. The Labute approximate surface area is 162 Å². The Hall–Kier alpha value is -3.32. The van der Waals surface area contributed by atoms with E-state index in [1.165, 1.54) is 0 Å². The van der Waals surface area contributed by atoms with Crippen molar-refractivity contribution in [2.45, 2.75) is 18.9 Å². The van der Waals surface area contributed by atoms with E-state index < -0.39 is 0 Å². The van der Waals surface area contributed by atoms with E-state index >= 15 is 0 Å². The Kier molecular flexibility index (Phi) is 4.75. The zero-order valence-corrected chi connectivity index (χ0v) is 15.5. The second-order valence-corrected chi connectivity index (χ2v) is 6.62. The predicted octanol–water partition coefficient (Wildman–Crippen LogP) is 2.33. The van der Waals surface area contributed by atoms with Gasteiger partial charge in [-0.05, 0) is 12.1 Å². The van der Waals surface area contributed by atoms with Gasteiger partial charge in [-0.3, -0.25) is 0 Å². The van der Waals surface area contributed by atoms with Crippen LogP contribution in [0.2, 0.25) is 0 Å². The summed E-state index contributed by atoms with van der Waals surface area (Å²) in [6, 6.07) is 12.8. The average molecular weight is 380 g/mol. The molecule has 3 aromatic rings. The predicted molar refractivity (Wildman–Crippen MR) is 103 cm³/mol. The summed E-state index contributed by atoms with van der Waals surface area (Å²) in [5.74, 6) is 2.01. The molecule has 4 rings (SSSR count). The molecule has 1 atom stereocenters. The molecule has 2 aromatic carbocycles. The summed E-state index contributed by atoms with van der Waals surface area (Å²) < 4.78 is 13.4. The Morgan fingerprint density at radius 3 is 2.82 bits per heavy atom. The first-order valence-corrected chi connectivity index (χ1v) is 9.06. The number of ether oxygens (including phenoxy) is 2. The van der Waals surface area contributed by atoms with Gasteiger partial charge in [0.2, 0.25) is 12.1 Å². The van der Waals surface area contributed by atoms with E-state index in [4.69, 9.17) is 15.2 Å². The number of fused-ring (bicyclic) bond motifs is 2. The highest BCUT2D eigenvalue weighted by molar-refractivity contribution is 5.63. The molecular weight excluding hydrogens is 358 g/mol. The SMILES string of the molecule is COc1ccccc1[C@H]1c2ccc(O)cc2Oc2nc[n+](CCCO)c(N)c21. The number of aliphatic hydroxyl groups excluding tert-OH is 1. The Balaban J connectivity index is 1.96. The molecule has 28 heavy (non-hydrogen) atoms. The number of benzene rings is 2. The molecule has 144 valence electrons. The number of aryl methyl sites for hydroxylation is 1. The molecule has 0 fully saturated rings. The third-order valence-corrected chi connectivity index (χ3v) is 4.94. The van der Waals surface area contributed by atoms with Gasteiger partial charge in [0, 0.05) is 30.2 Å². The molecule has 0 spiro atoms. The van der Waals surface area contributed by atoms with Gasteiger partial charge < -0.3 is 25.4 Å². The van der Waals surface area contributed by atoms with E-state index in [2.05, 4.69) is 4.98 Å². The average Bonchev–Trinajstić information content (AvgIpc) is 2.71. The summed E-state index contributed by atoms with van der Waals surface area (Å²) in [6.45, 7) is 0.613. The quantitative estimate of drug-likeness (QED) is 0.459. The summed E-state index contributed by atoms with van der Waals surface area (Å²) in [5.41, 5.74) is 9.05. The fourth-order valence-corrected chi connectivity index (χ4v) is 3.63. The number of aromatic hydroxyl groups is 1. The van der Waals surface area contributed by atoms with E-state index in [0.717, 1.165) is 22.4 Å². The fraction of sp³-hybridized carbons (Fsp3) is 0.238. The van der Waals surface area contributed by atoms with Gasteiger partial charge in [0.05, 0.1) is 19.6 Å². The van der Waals surface area contributed by atoms with Crippen LogP contribution in [0.3, 0.4) is 0 Å². The van der Waals surface area contributed by atoms with Gasteiger partial charge in [-0.1, -0.05) is 29.2 Å². The van der Waals surface area contributed by atoms with Gasteiger partial charge in [-0.2, -0.15) is 0 Å². The van der Waals surface area contributed by atoms with Crippen molar-refractivity contribution in [3.8, 4) is 23.1 Å². The topological polar surface area (TPSA) is 102 Å². The molecule has 0 bridgehead atoms. The smallest absolute Gasteiger partial charge is 0.306 e. The lowest BCUT2D eigenvalue weighted by Gasteiger charge is -2.28. The molecule has 0 amide bonds. The van der Waals surface area contributed by atoms with Crippen molar-refractivity contribution in [2.75, 3.05) is 19.5 Å². The number of aliphatic hydroxyl groups is 1. The van der Waals surface area contributed by atoms with Crippen molar-refractivity contribution < 1.29 is 24.3 Å². The van der Waals surface area contributed by atoms with Gasteiger partial charge in [-0.25, -0.2) is 4.57 Å². The number of nitrogens with two attached hydrogens (primary N) is 1. The first-order valence-electron chi connectivity index (χ1n) is 9.06. The van der Waals surface area contributed by atoms with Gasteiger partial charge in [0.25, 0.3) is 0 Å². The van der Waals surface area contributed by atoms with E-state index in [1.807, 2.05) is 34.9 Å². The number of nitrogen functional groups attached to an aromatic ring is 1. The van der Waals surface area contributed by atoms with Crippen molar-refractivity contribution in [3.05, 3.63) is 65.5 Å². The highest BCUT2D eigenvalue weighted by atomic mass is 16.5. The molecule has 2 heterocycles. The highest BCUT2D eigenvalue weighted by Gasteiger charge is 2.37. The number of para-hydroxylation sites is 1. The lowest BCUT2D eigenvalue weighted by Crippen LogP contribution is -2.40. The molecule has 0 saturated heterocycles. The number of anilines is 1. The monoisotopic (exact) mass is 380 g/mol. The van der Waals surface area contributed by atoms with Crippen LogP contribution in [0.4, 0.5) is 5.82 Å². The molecule has 7 heteroatoms. The van der Waals surface area contributed by atoms with Crippen molar-refractivity contribution in [3.63, 3.8) is 0 Å². The van der Waals surface area contributed by atoms with Crippen LogP contribution in [-0.4, -0.2) is 28.9 Å². The van der Waals surface area contributed by atoms with E-state index in [9.17, 15) is 10.2 Å². The fourth-order valence-electron chi connectivity index (χ4n) is 3.63. The summed E-state index contributed by atoms with van der Waals surface area (Å²) >= 11 is 0. The minimum Gasteiger partial charge on any atom is -0.508 e. The van der Waals surface area contributed by atoms with Crippen LogP contribution in [0.15, 0.2) is 48.8 Å². The normalized spacial score (nSPS) is 14.7. The summed E-state index contributed by atoms with van der Waals surface area (Å²) in [5, 5.41) is 19.1. The molecule has 1 aliphatic rings. The summed E-state index contributed by atoms with van der Waals surface area (Å²) in [6.07, 6.45) is 2.18. The molecule has 1 aromatic heterocycles. The molecular formula is C21H22N3O4+. The van der Waals surface area contributed by atoms with Gasteiger partial charge in [0.1, 0.15) is 22.8 Å². The van der Waals surface area contributed by atoms with Crippen molar-refractivity contribution in [1.82, 2.24) is 4.98 Å². The maximum atomic E-state index is 9.91.